The first-order chi connectivity index (χ1) is 13.3. The van der Waals surface area contributed by atoms with Crippen molar-refractivity contribution in [2.45, 2.75) is 32.3 Å². The quantitative estimate of drug-likeness (QED) is 0.326. The highest BCUT2D eigenvalue weighted by molar-refractivity contribution is 5.79. The second-order valence-electron chi connectivity index (χ2n) is 6.23. The molecule has 0 spiro atoms. The molecule has 0 aliphatic carbocycles. The monoisotopic (exact) mass is 376 g/mol. The number of ether oxygens (including phenoxy) is 2. The number of aromatic nitrogens is 3. The zero-order chi connectivity index (χ0) is 18.7. The first-order valence-corrected chi connectivity index (χ1v) is 9.52. The van der Waals surface area contributed by atoms with Gasteiger partial charge in [-0.3, -0.25) is 10.1 Å². The summed E-state index contributed by atoms with van der Waals surface area (Å²) >= 11 is 0. The summed E-state index contributed by atoms with van der Waals surface area (Å²) in [5.41, 5.74) is 0. The number of nitrogens with zero attached hydrogens (tertiary/aromatic N) is 3. The summed E-state index contributed by atoms with van der Waals surface area (Å²) in [6.07, 6.45) is 4.47. The molecule has 1 saturated heterocycles. The van der Waals surface area contributed by atoms with E-state index in [1.165, 1.54) is 0 Å². The molecule has 9 heteroatoms. The molecule has 1 unspecified atom stereocenters. The lowest BCUT2D eigenvalue weighted by Crippen LogP contribution is -2.38. The number of furan rings is 1. The van der Waals surface area contributed by atoms with Crippen LogP contribution in [0.2, 0.25) is 0 Å². The normalized spacial score (nSPS) is 17.4. The summed E-state index contributed by atoms with van der Waals surface area (Å²) < 4.78 is 16.3. The van der Waals surface area contributed by atoms with E-state index < -0.39 is 0 Å². The van der Waals surface area contributed by atoms with Crippen LogP contribution in [-0.2, 0) is 15.9 Å². The second kappa shape index (κ2) is 10.7. The molecule has 9 nitrogen and oxygen atoms in total. The smallest absolute Gasteiger partial charge is 0.216 e. The highest BCUT2D eigenvalue weighted by atomic mass is 16.5. The molecule has 2 aromatic rings. The number of nitrogens with one attached hydrogen (secondary N) is 3. The maximum Gasteiger partial charge on any atom is 0.216 e. The van der Waals surface area contributed by atoms with Crippen LogP contribution < -0.4 is 10.6 Å². The standard InChI is InChI=1S/C18H28N6O3/c1-2-19-18(20-8-4-11-26-14-7-12-25-13-14)21-9-6-16-22-17(24-23-16)15-5-3-10-27-15/h3,5,10,14H,2,4,6-9,11-13H2,1H3,(H2,19,20,21)(H,22,23,24). The van der Waals surface area contributed by atoms with Crippen molar-refractivity contribution < 1.29 is 13.9 Å². The number of guanidine groups is 1. The molecular weight excluding hydrogens is 348 g/mol. The van der Waals surface area contributed by atoms with E-state index in [1.807, 2.05) is 19.1 Å². The minimum Gasteiger partial charge on any atom is -0.461 e. The molecular formula is C18H28N6O3. The zero-order valence-electron chi connectivity index (χ0n) is 15.7. The molecule has 0 saturated carbocycles. The van der Waals surface area contributed by atoms with Gasteiger partial charge in [0.25, 0.3) is 0 Å². The van der Waals surface area contributed by atoms with Crippen molar-refractivity contribution in [1.29, 1.82) is 0 Å². The van der Waals surface area contributed by atoms with Crippen molar-refractivity contribution in [3.63, 3.8) is 0 Å². The topological polar surface area (TPSA) is 110 Å². The van der Waals surface area contributed by atoms with E-state index in [1.54, 1.807) is 6.26 Å². The fourth-order valence-corrected chi connectivity index (χ4v) is 2.71. The van der Waals surface area contributed by atoms with Gasteiger partial charge < -0.3 is 24.5 Å². The molecule has 1 atom stereocenters. The van der Waals surface area contributed by atoms with Crippen LogP contribution in [0.15, 0.2) is 27.8 Å². The average Bonchev–Trinajstić information content (AvgIpc) is 3.43. The molecule has 1 fully saturated rings. The Kier molecular flexibility index (Phi) is 7.67. The van der Waals surface area contributed by atoms with Gasteiger partial charge in [0.1, 0.15) is 5.82 Å². The van der Waals surface area contributed by atoms with Crippen LogP contribution in [0.5, 0.6) is 0 Å². The lowest BCUT2D eigenvalue weighted by molar-refractivity contribution is 0.0424. The van der Waals surface area contributed by atoms with Crippen LogP contribution >= 0.6 is 0 Å². The maximum atomic E-state index is 5.75. The van der Waals surface area contributed by atoms with Crippen LogP contribution in [0, 0.1) is 0 Å². The zero-order valence-corrected chi connectivity index (χ0v) is 15.7. The predicted octanol–water partition coefficient (Wildman–Crippen LogP) is 1.36. The van der Waals surface area contributed by atoms with Gasteiger partial charge in [0, 0.05) is 39.3 Å². The van der Waals surface area contributed by atoms with E-state index in [9.17, 15) is 0 Å². The Balaban J connectivity index is 1.36. The summed E-state index contributed by atoms with van der Waals surface area (Å²) in [6.45, 7) is 6.52. The van der Waals surface area contributed by atoms with Crippen LogP contribution in [-0.4, -0.2) is 66.7 Å². The molecule has 0 bridgehead atoms. The third-order valence-electron chi connectivity index (χ3n) is 4.09. The minimum absolute atomic E-state index is 0.258. The molecule has 27 heavy (non-hydrogen) atoms. The van der Waals surface area contributed by atoms with E-state index in [0.717, 1.165) is 44.4 Å². The van der Waals surface area contributed by atoms with E-state index in [4.69, 9.17) is 13.9 Å². The largest absolute Gasteiger partial charge is 0.461 e. The SMILES string of the molecule is CCNC(=NCCCOC1CCOC1)NCCc1nc(-c2ccco2)n[nH]1. The Bertz CT molecular complexity index is 679. The molecule has 2 aromatic heterocycles. The molecule has 0 aromatic carbocycles. The van der Waals surface area contributed by atoms with E-state index in [0.29, 0.717) is 37.7 Å². The Hall–Kier alpha value is -2.39. The Morgan fingerprint density at radius 1 is 1.44 bits per heavy atom. The fraction of sp³-hybridized carbons (Fsp3) is 0.611. The minimum atomic E-state index is 0.258. The number of H-pyrrole nitrogens is 1. The summed E-state index contributed by atoms with van der Waals surface area (Å²) in [4.78, 5) is 9.01. The van der Waals surface area contributed by atoms with Gasteiger partial charge in [-0.1, -0.05) is 0 Å². The Labute approximate surface area is 158 Å². The van der Waals surface area contributed by atoms with E-state index in [2.05, 4.69) is 30.8 Å². The summed E-state index contributed by atoms with van der Waals surface area (Å²) in [5.74, 6) is 2.83. The van der Waals surface area contributed by atoms with Crippen LogP contribution in [0.1, 0.15) is 25.6 Å². The van der Waals surface area contributed by atoms with E-state index in [-0.39, 0.29) is 6.10 Å². The van der Waals surface area contributed by atoms with Gasteiger partial charge in [-0.25, -0.2) is 4.98 Å². The average molecular weight is 376 g/mol. The van der Waals surface area contributed by atoms with Gasteiger partial charge in [0.2, 0.25) is 5.82 Å². The molecule has 1 aliphatic rings. The van der Waals surface area contributed by atoms with Gasteiger partial charge in [0.05, 0.1) is 19.0 Å². The number of aromatic amines is 1. The summed E-state index contributed by atoms with van der Waals surface area (Å²) in [7, 11) is 0. The molecule has 0 radical (unpaired) electrons. The second-order valence-corrected chi connectivity index (χ2v) is 6.23. The number of aliphatic imine (C=N–C) groups is 1. The van der Waals surface area contributed by atoms with Gasteiger partial charge in [-0.05, 0) is 31.9 Å². The summed E-state index contributed by atoms with van der Waals surface area (Å²) in [6, 6.07) is 3.66. The highest BCUT2D eigenvalue weighted by Crippen LogP contribution is 2.14. The molecule has 1 aliphatic heterocycles. The molecule has 3 N–H and O–H groups in total. The Morgan fingerprint density at radius 2 is 2.41 bits per heavy atom. The molecule has 148 valence electrons. The maximum absolute atomic E-state index is 5.75. The van der Waals surface area contributed by atoms with Crippen LogP contribution in [0.3, 0.4) is 0 Å². The Morgan fingerprint density at radius 3 is 3.19 bits per heavy atom. The van der Waals surface area contributed by atoms with Crippen molar-refractivity contribution in [1.82, 2.24) is 25.8 Å². The van der Waals surface area contributed by atoms with Crippen molar-refractivity contribution >= 4 is 5.96 Å². The molecule has 3 heterocycles. The van der Waals surface area contributed by atoms with Crippen molar-refractivity contribution in [2.75, 3.05) is 39.5 Å². The number of rotatable bonds is 10. The van der Waals surface area contributed by atoms with Gasteiger partial charge in [0.15, 0.2) is 11.7 Å². The fourth-order valence-electron chi connectivity index (χ4n) is 2.71. The number of hydrogen-bond donors (Lipinski definition) is 3. The summed E-state index contributed by atoms with van der Waals surface area (Å²) in [5, 5.41) is 13.7. The lowest BCUT2D eigenvalue weighted by atomic mass is 10.3. The van der Waals surface area contributed by atoms with Crippen molar-refractivity contribution in [3.8, 4) is 11.6 Å². The van der Waals surface area contributed by atoms with Crippen molar-refractivity contribution in [3.05, 3.63) is 24.2 Å². The predicted molar refractivity (Wildman–Crippen MR) is 102 cm³/mol. The third kappa shape index (κ3) is 6.37. The van der Waals surface area contributed by atoms with Crippen LogP contribution in [0.25, 0.3) is 11.6 Å². The first kappa shape index (κ1) is 19.4. The van der Waals surface area contributed by atoms with Crippen LogP contribution in [0.4, 0.5) is 0 Å². The molecule has 3 rings (SSSR count). The van der Waals surface area contributed by atoms with E-state index >= 15 is 0 Å². The van der Waals surface area contributed by atoms with Crippen molar-refractivity contribution in [2.24, 2.45) is 4.99 Å². The highest BCUT2D eigenvalue weighted by Gasteiger charge is 2.15. The first-order valence-electron chi connectivity index (χ1n) is 9.52. The van der Waals surface area contributed by atoms with Gasteiger partial charge in [-0.2, -0.15) is 5.10 Å². The third-order valence-corrected chi connectivity index (χ3v) is 4.09. The number of hydrogen-bond acceptors (Lipinski definition) is 6. The van der Waals surface area contributed by atoms with Gasteiger partial charge >= 0.3 is 0 Å². The molecule has 0 amide bonds. The van der Waals surface area contributed by atoms with Gasteiger partial charge in [-0.15, -0.1) is 0 Å². The lowest BCUT2D eigenvalue weighted by Gasteiger charge is -2.11.